The number of allylic oxidation sites excluding steroid dienone is 1. The van der Waals surface area contributed by atoms with Crippen LogP contribution < -0.4 is 0 Å². The summed E-state index contributed by atoms with van der Waals surface area (Å²) in [5, 5.41) is 0.0949. The average molecular weight is 163 g/mol. The number of thioether (sulfide) groups is 1. The first-order valence-electron chi connectivity index (χ1n) is 2.73. The molecule has 1 heterocycles. The number of hydrogen-bond donors (Lipinski definition) is 0. The summed E-state index contributed by atoms with van der Waals surface area (Å²) in [5.41, 5.74) is 0. The molecule has 0 saturated heterocycles. The van der Waals surface area contributed by atoms with Gasteiger partial charge in [-0.15, -0.1) is 11.8 Å². The predicted molar refractivity (Wildman–Crippen MR) is 40.6 cm³/mol. The molecule has 50 valence electrons. The van der Waals surface area contributed by atoms with Gasteiger partial charge in [-0.25, -0.2) is 0 Å². The highest BCUT2D eigenvalue weighted by Gasteiger charge is 2.19. The van der Waals surface area contributed by atoms with Crippen molar-refractivity contribution in [1.29, 1.82) is 0 Å². The van der Waals surface area contributed by atoms with Crippen molar-refractivity contribution in [3.63, 3.8) is 0 Å². The lowest BCUT2D eigenvalue weighted by molar-refractivity contribution is -0.116. The summed E-state index contributed by atoms with van der Waals surface area (Å²) in [5.74, 6) is 0.215. The molecule has 0 radical (unpaired) electrons. The zero-order valence-corrected chi connectivity index (χ0v) is 6.63. The standard InChI is InChI=1S/C6H7ClOS/c1-4(8)5-2-3-6(7)9-5/h3,5H,2H2,1H3. The molecular weight excluding hydrogens is 156 g/mol. The van der Waals surface area contributed by atoms with E-state index in [4.69, 9.17) is 11.6 Å². The topological polar surface area (TPSA) is 17.1 Å². The zero-order chi connectivity index (χ0) is 6.85. The number of carbonyl (C=O) groups is 1. The molecule has 9 heavy (non-hydrogen) atoms. The summed E-state index contributed by atoms with van der Waals surface area (Å²) in [4.78, 5) is 10.7. The molecule has 1 unspecified atom stereocenters. The highest BCUT2D eigenvalue weighted by atomic mass is 35.5. The first-order valence-corrected chi connectivity index (χ1v) is 3.98. The van der Waals surface area contributed by atoms with Crippen LogP contribution in [-0.4, -0.2) is 11.0 Å². The van der Waals surface area contributed by atoms with Gasteiger partial charge in [-0.1, -0.05) is 17.7 Å². The van der Waals surface area contributed by atoms with E-state index >= 15 is 0 Å². The first-order chi connectivity index (χ1) is 4.20. The van der Waals surface area contributed by atoms with Crippen molar-refractivity contribution < 1.29 is 4.79 Å². The summed E-state index contributed by atoms with van der Waals surface area (Å²) in [7, 11) is 0. The minimum Gasteiger partial charge on any atom is -0.299 e. The molecule has 1 rings (SSSR count). The second-order valence-electron chi connectivity index (χ2n) is 1.96. The first kappa shape index (κ1) is 7.16. The molecule has 0 aliphatic carbocycles. The molecule has 1 aliphatic rings. The molecule has 0 aromatic carbocycles. The number of rotatable bonds is 1. The minimum absolute atomic E-state index is 0.0949. The molecule has 0 aromatic heterocycles. The lowest BCUT2D eigenvalue weighted by Crippen LogP contribution is -2.08. The Hall–Kier alpha value is 0.0500. The number of ketones is 1. The Kier molecular flexibility index (Phi) is 2.19. The fourth-order valence-corrected chi connectivity index (χ4v) is 1.92. The van der Waals surface area contributed by atoms with Gasteiger partial charge in [-0.05, 0) is 13.3 Å². The van der Waals surface area contributed by atoms with E-state index in [2.05, 4.69) is 0 Å². The maximum atomic E-state index is 10.7. The lowest BCUT2D eigenvalue weighted by atomic mass is 10.2. The van der Waals surface area contributed by atoms with Crippen LogP contribution in [0.3, 0.4) is 0 Å². The van der Waals surface area contributed by atoms with Crippen molar-refractivity contribution in [1.82, 2.24) is 0 Å². The van der Waals surface area contributed by atoms with Gasteiger partial charge in [0, 0.05) is 0 Å². The predicted octanol–water partition coefficient (Wildman–Crippen LogP) is 2.16. The van der Waals surface area contributed by atoms with E-state index in [-0.39, 0.29) is 11.0 Å². The minimum atomic E-state index is 0.0949. The van der Waals surface area contributed by atoms with E-state index in [1.54, 1.807) is 6.92 Å². The second kappa shape index (κ2) is 2.76. The highest BCUT2D eigenvalue weighted by Crippen LogP contribution is 2.34. The normalized spacial score (nSPS) is 26.0. The van der Waals surface area contributed by atoms with E-state index in [9.17, 15) is 4.79 Å². The molecular formula is C6H7ClOS. The van der Waals surface area contributed by atoms with Crippen LogP contribution in [0.2, 0.25) is 0 Å². The Labute approximate surface area is 63.5 Å². The molecule has 0 saturated carbocycles. The van der Waals surface area contributed by atoms with Gasteiger partial charge in [0.2, 0.25) is 0 Å². The SMILES string of the molecule is CC(=O)C1CC=C(Cl)S1. The van der Waals surface area contributed by atoms with E-state index in [1.807, 2.05) is 6.08 Å². The van der Waals surface area contributed by atoms with Crippen molar-refractivity contribution in [2.45, 2.75) is 18.6 Å². The Bertz CT molecular complexity index is 164. The Morgan fingerprint density at radius 1 is 2.00 bits per heavy atom. The van der Waals surface area contributed by atoms with Gasteiger partial charge in [-0.3, -0.25) is 4.79 Å². The zero-order valence-electron chi connectivity index (χ0n) is 5.06. The van der Waals surface area contributed by atoms with Crippen molar-refractivity contribution in [2.24, 2.45) is 0 Å². The maximum Gasteiger partial charge on any atom is 0.143 e. The number of carbonyl (C=O) groups excluding carboxylic acids is 1. The van der Waals surface area contributed by atoms with E-state index in [0.717, 1.165) is 10.8 Å². The molecule has 1 aliphatic heterocycles. The molecule has 1 nitrogen and oxygen atoms in total. The number of halogens is 1. The lowest BCUT2D eigenvalue weighted by Gasteiger charge is -2.00. The molecule has 0 N–H and O–H groups in total. The number of hydrogen-bond acceptors (Lipinski definition) is 2. The summed E-state index contributed by atoms with van der Waals surface area (Å²) in [6.45, 7) is 1.60. The third-order valence-electron chi connectivity index (χ3n) is 1.20. The molecule has 1 atom stereocenters. The summed E-state index contributed by atoms with van der Waals surface area (Å²) in [6, 6.07) is 0. The fourth-order valence-electron chi connectivity index (χ4n) is 0.681. The molecule has 3 heteroatoms. The van der Waals surface area contributed by atoms with Gasteiger partial charge in [0.1, 0.15) is 5.78 Å². The summed E-state index contributed by atoms with van der Waals surface area (Å²) >= 11 is 7.07. The van der Waals surface area contributed by atoms with Crippen LogP contribution in [-0.2, 0) is 4.79 Å². The Morgan fingerprint density at radius 3 is 2.89 bits per heavy atom. The third-order valence-corrected chi connectivity index (χ3v) is 2.82. The smallest absolute Gasteiger partial charge is 0.143 e. The quantitative estimate of drug-likeness (QED) is 0.588. The van der Waals surface area contributed by atoms with Crippen LogP contribution in [0.25, 0.3) is 0 Å². The molecule has 0 spiro atoms. The van der Waals surface area contributed by atoms with Crippen molar-refractivity contribution in [3.8, 4) is 0 Å². The van der Waals surface area contributed by atoms with Crippen LogP contribution in [0.1, 0.15) is 13.3 Å². The highest BCUT2D eigenvalue weighted by molar-refractivity contribution is 8.06. The largest absolute Gasteiger partial charge is 0.299 e. The van der Waals surface area contributed by atoms with Crippen molar-refractivity contribution in [3.05, 3.63) is 10.4 Å². The van der Waals surface area contributed by atoms with Gasteiger partial charge in [0.15, 0.2) is 0 Å². The summed E-state index contributed by atoms with van der Waals surface area (Å²) in [6.07, 6.45) is 2.69. The van der Waals surface area contributed by atoms with E-state index in [0.29, 0.717) is 0 Å². The van der Waals surface area contributed by atoms with Gasteiger partial charge in [-0.2, -0.15) is 0 Å². The van der Waals surface area contributed by atoms with Gasteiger partial charge >= 0.3 is 0 Å². The number of Topliss-reactive ketones (excluding diaryl/α,β-unsaturated/α-hetero) is 1. The van der Waals surface area contributed by atoms with Crippen LogP contribution in [0.15, 0.2) is 10.4 Å². The van der Waals surface area contributed by atoms with Crippen molar-refractivity contribution in [2.75, 3.05) is 0 Å². The molecule has 0 fully saturated rings. The van der Waals surface area contributed by atoms with Crippen molar-refractivity contribution >= 4 is 29.1 Å². The van der Waals surface area contributed by atoms with E-state index < -0.39 is 0 Å². The monoisotopic (exact) mass is 162 g/mol. The van der Waals surface area contributed by atoms with Crippen LogP contribution in [0.4, 0.5) is 0 Å². The van der Waals surface area contributed by atoms with E-state index in [1.165, 1.54) is 11.8 Å². The molecule has 0 aromatic rings. The van der Waals surface area contributed by atoms with Crippen LogP contribution in [0, 0.1) is 0 Å². The second-order valence-corrected chi connectivity index (χ2v) is 3.84. The van der Waals surface area contributed by atoms with Crippen LogP contribution in [0.5, 0.6) is 0 Å². The maximum absolute atomic E-state index is 10.7. The Morgan fingerprint density at radius 2 is 2.67 bits per heavy atom. The third kappa shape index (κ3) is 1.73. The van der Waals surface area contributed by atoms with Gasteiger partial charge < -0.3 is 0 Å². The van der Waals surface area contributed by atoms with Gasteiger partial charge in [0.05, 0.1) is 9.61 Å². The van der Waals surface area contributed by atoms with Crippen LogP contribution >= 0.6 is 23.4 Å². The van der Waals surface area contributed by atoms with Gasteiger partial charge in [0.25, 0.3) is 0 Å². The summed E-state index contributed by atoms with van der Waals surface area (Å²) < 4.78 is 0.759. The fraction of sp³-hybridized carbons (Fsp3) is 0.500. The molecule has 0 amide bonds. The molecule has 0 bridgehead atoms. The average Bonchev–Trinajstić information content (AvgIpc) is 2.14. The Balaban J connectivity index is 2.47.